The molecule has 0 atom stereocenters. The summed E-state index contributed by atoms with van der Waals surface area (Å²) in [4.78, 5) is 0. The molecule has 0 aromatic heterocycles. The van der Waals surface area contributed by atoms with E-state index >= 15 is 0 Å². The van der Waals surface area contributed by atoms with Crippen LogP contribution in [0.4, 0.5) is 11.4 Å². The molecular formula is C30H30N2. The molecule has 0 aliphatic carbocycles. The molecule has 4 aromatic rings. The van der Waals surface area contributed by atoms with E-state index < -0.39 is 0 Å². The summed E-state index contributed by atoms with van der Waals surface area (Å²) in [6.45, 7) is 8.99. The van der Waals surface area contributed by atoms with Gasteiger partial charge in [0.2, 0.25) is 0 Å². The van der Waals surface area contributed by atoms with Gasteiger partial charge >= 0.3 is 0 Å². The molecule has 5 rings (SSSR count). The molecule has 0 amide bonds. The third kappa shape index (κ3) is 3.67. The van der Waals surface area contributed by atoms with Gasteiger partial charge in [-0.05, 0) is 74.2 Å². The number of nitrogens with one attached hydrogen (secondary N) is 2. The van der Waals surface area contributed by atoms with Crippen LogP contribution in [0.3, 0.4) is 0 Å². The highest BCUT2D eigenvalue weighted by Crippen LogP contribution is 2.39. The van der Waals surface area contributed by atoms with Gasteiger partial charge < -0.3 is 10.6 Å². The Bertz CT molecular complexity index is 1180. The molecule has 0 spiro atoms. The minimum Gasteiger partial charge on any atom is -0.376 e. The van der Waals surface area contributed by atoms with Gasteiger partial charge in [0.15, 0.2) is 0 Å². The number of benzene rings is 4. The number of fused-ring (bicyclic) bond motifs is 8. The first-order chi connectivity index (χ1) is 15.3. The van der Waals surface area contributed by atoms with Crippen molar-refractivity contribution in [1.29, 1.82) is 0 Å². The molecule has 0 unspecified atom stereocenters. The number of hydrogen-bond donors (Lipinski definition) is 2. The highest BCUT2D eigenvalue weighted by Gasteiger charge is 2.25. The Morgan fingerprint density at radius 3 is 1.31 bits per heavy atom. The molecule has 2 N–H and O–H groups in total. The average molecular weight is 419 g/mol. The van der Waals surface area contributed by atoms with Gasteiger partial charge in [0, 0.05) is 22.5 Å². The maximum absolute atomic E-state index is 3.84. The van der Waals surface area contributed by atoms with Crippen molar-refractivity contribution in [3.63, 3.8) is 0 Å². The summed E-state index contributed by atoms with van der Waals surface area (Å²) >= 11 is 0. The molecule has 0 saturated heterocycles. The van der Waals surface area contributed by atoms with Crippen molar-refractivity contribution in [2.24, 2.45) is 0 Å². The SMILES string of the molecule is CC1(C)Nc2ccccc2-c2cccc(c2)C(C)(C)Nc2ccccc2-c2cccc1c2. The Kier molecular flexibility index (Phi) is 4.82. The molecule has 0 radical (unpaired) electrons. The molecular weight excluding hydrogens is 388 g/mol. The van der Waals surface area contributed by atoms with Gasteiger partial charge in [0.1, 0.15) is 0 Å². The summed E-state index contributed by atoms with van der Waals surface area (Å²) in [5.41, 5.74) is 9.18. The average Bonchev–Trinajstić information content (AvgIpc) is 2.79. The van der Waals surface area contributed by atoms with E-state index in [0.29, 0.717) is 0 Å². The molecule has 0 saturated carbocycles. The normalized spacial score (nSPS) is 15.9. The van der Waals surface area contributed by atoms with Gasteiger partial charge in [-0.2, -0.15) is 0 Å². The molecule has 160 valence electrons. The summed E-state index contributed by atoms with van der Waals surface area (Å²) in [7, 11) is 0. The molecule has 1 aliphatic heterocycles. The summed E-state index contributed by atoms with van der Waals surface area (Å²) in [6, 6.07) is 35.0. The number of rotatable bonds is 0. The minimum atomic E-state index is -0.241. The summed E-state index contributed by atoms with van der Waals surface area (Å²) in [5, 5.41) is 7.68. The maximum Gasteiger partial charge on any atom is 0.0569 e. The predicted octanol–water partition coefficient (Wildman–Crippen LogP) is 8.03. The Morgan fingerprint density at radius 2 is 0.875 bits per heavy atom. The van der Waals surface area contributed by atoms with Crippen LogP contribution >= 0.6 is 0 Å². The summed E-state index contributed by atoms with van der Waals surface area (Å²) < 4.78 is 0. The minimum absolute atomic E-state index is 0.241. The lowest BCUT2D eigenvalue weighted by Crippen LogP contribution is -2.29. The van der Waals surface area contributed by atoms with Crippen molar-refractivity contribution >= 4 is 11.4 Å². The number of para-hydroxylation sites is 2. The fraction of sp³-hybridized carbons (Fsp3) is 0.200. The van der Waals surface area contributed by atoms with Crippen LogP contribution in [-0.4, -0.2) is 0 Å². The monoisotopic (exact) mass is 418 g/mol. The van der Waals surface area contributed by atoms with Gasteiger partial charge in [-0.3, -0.25) is 0 Å². The van der Waals surface area contributed by atoms with Crippen molar-refractivity contribution in [2.75, 3.05) is 10.6 Å². The second-order valence-electron chi connectivity index (χ2n) is 9.75. The Labute approximate surface area is 191 Å². The molecule has 4 aromatic carbocycles. The summed E-state index contributed by atoms with van der Waals surface area (Å²) in [5.74, 6) is 0. The van der Waals surface area contributed by atoms with Crippen LogP contribution in [0.5, 0.6) is 0 Å². The first kappa shape index (κ1) is 20.4. The second-order valence-corrected chi connectivity index (χ2v) is 9.75. The van der Waals surface area contributed by atoms with Crippen LogP contribution < -0.4 is 10.6 Å². The Balaban J connectivity index is 1.78. The largest absolute Gasteiger partial charge is 0.376 e. The highest BCUT2D eigenvalue weighted by atomic mass is 15.0. The van der Waals surface area contributed by atoms with Gasteiger partial charge in [0.05, 0.1) is 11.1 Å². The van der Waals surface area contributed by atoms with Crippen LogP contribution in [0.25, 0.3) is 22.3 Å². The standard InChI is InChI=1S/C30H30N2/c1-29(2)23-13-9-11-21(19-23)26-16-6-8-18-28(26)32-30(3,4)24-14-10-12-22(20-24)25-15-5-7-17-27(25)31-29/h5-20,31-32H,1-4H3. The van der Waals surface area contributed by atoms with E-state index in [-0.39, 0.29) is 11.1 Å². The van der Waals surface area contributed by atoms with Crippen LogP contribution in [0.15, 0.2) is 97.1 Å². The fourth-order valence-electron chi connectivity index (χ4n) is 4.66. The zero-order valence-electron chi connectivity index (χ0n) is 19.2. The smallest absolute Gasteiger partial charge is 0.0569 e. The number of hydrogen-bond acceptors (Lipinski definition) is 2. The van der Waals surface area contributed by atoms with Crippen molar-refractivity contribution in [2.45, 2.75) is 38.8 Å². The van der Waals surface area contributed by atoms with Crippen molar-refractivity contribution < 1.29 is 0 Å². The molecule has 1 heterocycles. The lowest BCUT2D eigenvalue weighted by molar-refractivity contribution is 0.608. The van der Waals surface area contributed by atoms with Crippen LogP contribution in [0.1, 0.15) is 38.8 Å². The van der Waals surface area contributed by atoms with E-state index in [4.69, 9.17) is 0 Å². The topological polar surface area (TPSA) is 24.1 Å². The number of anilines is 2. The van der Waals surface area contributed by atoms with E-state index in [9.17, 15) is 0 Å². The molecule has 32 heavy (non-hydrogen) atoms. The van der Waals surface area contributed by atoms with E-state index in [1.807, 2.05) is 0 Å². The second kappa shape index (κ2) is 7.56. The zero-order valence-corrected chi connectivity index (χ0v) is 19.2. The first-order valence-electron chi connectivity index (χ1n) is 11.3. The van der Waals surface area contributed by atoms with E-state index in [2.05, 4.69) is 135 Å². The molecule has 2 nitrogen and oxygen atoms in total. The van der Waals surface area contributed by atoms with Gasteiger partial charge in [-0.25, -0.2) is 0 Å². The van der Waals surface area contributed by atoms with Crippen molar-refractivity contribution in [3.8, 4) is 22.3 Å². The van der Waals surface area contributed by atoms with Crippen LogP contribution in [0.2, 0.25) is 0 Å². The molecule has 4 bridgehead atoms. The lowest BCUT2D eigenvalue weighted by atomic mass is 9.87. The summed E-state index contributed by atoms with van der Waals surface area (Å²) in [6.07, 6.45) is 0. The van der Waals surface area contributed by atoms with Crippen molar-refractivity contribution in [3.05, 3.63) is 108 Å². The maximum atomic E-state index is 3.84. The van der Waals surface area contributed by atoms with E-state index in [0.717, 1.165) is 11.4 Å². The van der Waals surface area contributed by atoms with Crippen molar-refractivity contribution in [1.82, 2.24) is 0 Å². The van der Waals surface area contributed by atoms with E-state index in [1.54, 1.807) is 0 Å². The molecule has 1 aliphatic rings. The molecule has 2 heteroatoms. The third-order valence-electron chi connectivity index (χ3n) is 6.54. The molecule has 0 fully saturated rings. The Hall–Kier alpha value is -3.52. The van der Waals surface area contributed by atoms with Gasteiger partial charge in [-0.1, -0.05) is 72.8 Å². The van der Waals surface area contributed by atoms with Gasteiger partial charge in [-0.15, -0.1) is 0 Å². The predicted molar refractivity (Wildman–Crippen MR) is 137 cm³/mol. The van der Waals surface area contributed by atoms with Crippen LogP contribution in [-0.2, 0) is 11.1 Å². The fourth-order valence-corrected chi connectivity index (χ4v) is 4.66. The van der Waals surface area contributed by atoms with Gasteiger partial charge in [0.25, 0.3) is 0 Å². The quantitative estimate of drug-likeness (QED) is 0.302. The first-order valence-corrected chi connectivity index (χ1v) is 11.3. The highest BCUT2D eigenvalue weighted by molar-refractivity contribution is 5.81. The lowest BCUT2D eigenvalue weighted by Gasteiger charge is -2.32. The van der Waals surface area contributed by atoms with E-state index in [1.165, 1.54) is 33.4 Å². The Morgan fingerprint density at radius 1 is 0.469 bits per heavy atom. The zero-order chi connectivity index (χ0) is 22.3. The third-order valence-corrected chi connectivity index (χ3v) is 6.54. The van der Waals surface area contributed by atoms with Crippen LogP contribution in [0, 0.1) is 0 Å².